The van der Waals surface area contributed by atoms with Gasteiger partial charge >= 0.3 is 0 Å². The minimum atomic E-state index is -0.475. The Bertz CT molecular complexity index is 817. The van der Waals surface area contributed by atoms with Gasteiger partial charge in [0.1, 0.15) is 5.75 Å². The summed E-state index contributed by atoms with van der Waals surface area (Å²) < 4.78 is 10.6. The van der Waals surface area contributed by atoms with Crippen molar-refractivity contribution in [2.75, 3.05) is 13.8 Å². The lowest BCUT2D eigenvalue weighted by Gasteiger charge is -2.19. The number of amides is 1. The maximum atomic E-state index is 12.3. The molecule has 1 amide bonds. The molecule has 0 fully saturated rings. The smallest absolute Gasteiger partial charge is 0.270 e. The molecule has 130 valence electrons. The molecule has 0 aliphatic carbocycles. The van der Waals surface area contributed by atoms with E-state index in [-0.39, 0.29) is 25.0 Å². The fourth-order valence-corrected chi connectivity index (χ4v) is 3.22. The number of rotatable bonds is 5. The molecular formula is C17H16N2O5S. The van der Waals surface area contributed by atoms with E-state index in [9.17, 15) is 14.9 Å². The standard InChI is InChI=1S/C17H16N2O5S/c1-18(9-15-3-2-6-25-15)16(20)5-4-12-7-14(19(21)22)8-13-10-23-11-24-17(12)13/h2-8H,9-11H2,1H3/b5-4+. The van der Waals surface area contributed by atoms with Gasteiger partial charge in [-0.25, -0.2) is 0 Å². The molecule has 1 aromatic heterocycles. The molecule has 0 saturated carbocycles. The molecule has 1 aromatic carbocycles. The summed E-state index contributed by atoms with van der Waals surface area (Å²) in [6, 6.07) is 6.72. The first-order valence-electron chi connectivity index (χ1n) is 7.52. The first-order valence-corrected chi connectivity index (χ1v) is 8.40. The minimum Gasteiger partial charge on any atom is -0.467 e. The Hall–Kier alpha value is -2.71. The number of carbonyl (C=O) groups excluding carboxylic acids is 1. The molecular weight excluding hydrogens is 344 g/mol. The molecule has 0 N–H and O–H groups in total. The van der Waals surface area contributed by atoms with E-state index in [1.165, 1.54) is 18.2 Å². The van der Waals surface area contributed by atoms with Crippen LogP contribution < -0.4 is 4.74 Å². The molecule has 7 nitrogen and oxygen atoms in total. The third kappa shape index (κ3) is 4.04. The Kier molecular flexibility index (Phi) is 5.11. The molecule has 25 heavy (non-hydrogen) atoms. The zero-order valence-corrected chi connectivity index (χ0v) is 14.3. The predicted octanol–water partition coefficient (Wildman–Crippen LogP) is 3.19. The average Bonchev–Trinajstić information content (AvgIpc) is 3.11. The predicted molar refractivity (Wildman–Crippen MR) is 93.2 cm³/mol. The van der Waals surface area contributed by atoms with Crippen LogP contribution in [0.4, 0.5) is 5.69 Å². The van der Waals surface area contributed by atoms with Crippen LogP contribution in [-0.2, 0) is 22.7 Å². The number of likely N-dealkylation sites (N-methyl/N-ethyl adjacent to an activating group) is 1. The number of hydrogen-bond donors (Lipinski definition) is 0. The maximum absolute atomic E-state index is 12.3. The fourth-order valence-electron chi connectivity index (χ4n) is 2.46. The Morgan fingerprint density at radius 1 is 1.48 bits per heavy atom. The largest absolute Gasteiger partial charge is 0.467 e. The molecule has 1 aliphatic rings. The van der Waals surface area contributed by atoms with Gasteiger partial charge in [-0.15, -0.1) is 11.3 Å². The van der Waals surface area contributed by atoms with E-state index < -0.39 is 4.92 Å². The van der Waals surface area contributed by atoms with Crippen LogP contribution >= 0.6 is 11.3 Å². The van der Waals surface area contributed by atoms with Crippen LogP contribution in [0.2, 0.25) is 0 Å². The second-order valence-electron chi connectivity index (χ2n) is 5.50. The lowest BCUT2D eigenvalue weighted by Crippen LogP contribution is -2.23. The zero-order valence-electron chi connectivity index (χ0n) is 13.5. The highest BCUT2D eigenvalue weighted by molar-refractivity contribution is 7.09. The van der Waals surface area contributed by atoms with Gasteiger partial charge in [0.05, 0.1) is 18.1 Å². The molecule has 0 unspecified atom stereocenters. The van der Waals surface area contributed by atoms with Crippen LogP contribution in [0.25, 0.3) is 6.08 Å². The zero-order chi connectivity index (χ0) is 17.8. The van der Waals surface area contributed by atoms with Crippen LogP contribution in [0, 0.1) is 10.1 Å². The Morgan fingerprint density at radius 2 is 2.32 bits per heavy atom. The van der Waals surface area contributed by atoms with Gasteiger partial charge in [0.15, 0.2) is 6.79 Å². The first kappa shape index (κ1) is 17.1. The number of nitrogens with zero attached hydrogens (tertiary/aromatic N) is 2. The quantitative estimate of drug-likeness (QED) is 0.465. The number of ether oxygens (including phenoxy) is 2. The summed E-state index contributed by atoms with van der Waals surface area (Å²) in [5.41, 5.74) is 1.02. The summed E-state index contributed by atoms with van der Waals surface area (Å²) in [6.45, 7) is 0.834. The number of hydrogen-bond acceptors (Lipinski definition) is 6. The van der Waals surface area contributed by atoms with Crippen molar-refractivity contribution >= 4 is 29.0 Å². The molecule has 1 aliphatic heterocycles. The second kappa shape index (κ2) is 7.45. The molecule has 2 aromatic rings. The summed E-state index contributed by atoms with van der Waals surface area (Å²) in [6.07, 6.45) is 2.94. The monoisotopic (exact) mass is 360 g/mol. The van der Waals surface area contributed by atoms with E-state index in [0.29, 0.717) is 23.4 Å². The molecule has 0 bridgehead atoms. The summed E-state index contributed by atoms with van der Waals surface area (Å²) in [5.74, 6) is 0.322. The molecule has 2 heterocycles. The molecule has 0 spiro atoms. The number of non-ortho nitro benzene ring substituents is 1. The lowest BCUT2D eigenvalue weighted by atomic mass is 10.1. The number of nitro benzene ring substituents is 1. The Balaban J connectivity index is 1.81. The number of thiophene rings is 1. The third-order valence-corrected chi connectivity index (χ3v) is 4.55. The molecule has 0 saturated heterocycles. The van der Waals surface area contributed by atoms with Crippen molar-refractivity contribution in [2.24, 2.45) is 0 Å². The van der Waals surface area contributed by atoms with Crippen molar-refractivity contribution < 1.29 is 19.2 Å². The van der Waals surface area contributed by atoms with Crippen LogP contribution in [0.15, 0.2) is 35.7 Å². The summed E-state index contributed by atoms with van der Waals surface area (Å²) >= 11 is 1.58. The van der Waals surface area contributed by atoms with E-state index in [1.54, 1.807) is 29.4 Å². The van der Waals surface area contributed by atoms with Crippen LogP contribution in [0.1, 0.15) is 16.0 Å². The van der Waals surface area contributed by atoms with Crippen molar-refractivity contribution in [1.82, 2.24) is 4.90 Å². The van der Waals surface area contributed by atoms with Gasteiger partial charge in [0.25, 0.3) is 5.69 Å². The normalized spacial score (nSPS) is 13.3. The number of benzene rings is 1. The fraction of sp³-hybridized carbons (Fsp3) is 0.235. The summed E-state index contributed by atoms with van der Waals surface area (Å²) in [7, 11) is 1.71. The highest BCUT2D eigenvalue weighted by Gasteiger charge is 2.20. The van der Waals surface area contributed by atoms with E-state index in [0.717, 1.165) is 4.88 Å². The molecule has 0 atom stereocenters. The second-order valence-corrected chi connectivity index (χ2v) is 6.53. The van der Waals surface area contributed by atoms with Gasteiger partial charge < -0.3 is 14.4 Å². The summed E-state index contributed by atoms with van der Waals surface area (Å²) in [4.78, 5) is 25.5. The van der Waals surface area contributed by atoms with Gasteiger partial charge in [-0.3, -0.25) is 14.9 Å². The number of nitro groups is 1. The first-order chi connectivity index (χ1) is 12.0. The number of fused-ring (bicyclic) bond motifs is 1. The average molecular weight is 360 g/mol. The molecule has 3 rings (SSSR count). The van der Waals surface area contributed by atoms with Crippen molar-refractivity contribution in [1.29, 1.82) is 0 Å². The van der Waals surface area contributed by atoms with Gasteiger partial charge in [0, 0.05) is 41.3 Å². The van der Waals surface area contributed by atoms with Gasteiger partial charge in [0.2, 0.25) is 5.91 Å². The van der Waals surface area contributed by atoms with Crippen LogP contribution in [-0.4, -0.2) is 29.6 Å². The SMILES string of the molecule is CN(Cc1cccs1)C(=O)/C=C/c1cc([N+](=O)[O-])cc2c1OCOC2. The summed E-state index contributed by atoms with van der Waals surface area (Å²) in [5, 5.41) is 13.0. The van der Waals surface area contributed by atoms with Crippen molar-refractivity contribution in [3.63, 3.8) is 0 Å². The highest BCUT2D eigenvalue weighted by Crippen LogP contribution is 2.33. The third-order valence-electron chi connectivity index (χ3n) is 3.69. The van der Waals surface area contributed by atoms with Crippen molar-refractivity contribution in [3.05, 3.63) is 61.8 Å². The minimum absolute atomic E-state index is 0.0631. The van der Waals surface area contributed by atoms with Gasteiger partial charge in [-0.2, -0.15) is 0 Å². The molecule has 8 heteroatoms. The van der Waals surface area contributed by atoms with E-state index in [1.807, 2.05) is 17.5 Å². The van der Waals surface area contributed by atoms with Gasteiger partial charge in [-0.05, 0) is 17.5 Å². The number of carbonyl (C=O) groups is 1. The molecule has 0 radical (unpaired) electrons. The van der Waals surface area contributed by atoms with Crippen molar-refractivity contribution in [3.8, 4) is 5.75 Å². The Morgan fingerprint density at radius 3 is 3.04 bits per heavy atom. The topological polar surface area (TPSA) is 81.9 Å². The highest BCUT2D eigenvalue weighted by atomic mass is 32.1. The maximum Gasteiger partial charge on any atom is 0.270 e. The van der Waals surface area contributed by atoms with Gasteiger partial charge in [-0.1, -0.05) is 6.07 Å². The van der Waals surface area contributed by atoms with Crippen LogP contribution in [0.3, 0.4) is 0 Å². The van der Waals surface area contributed by atoms with Crippen LogP contribution in [0.5, 0.6) is 5.75 Å². The van der Waals surface area contributed by atoms with E-state index >= 15 is 0 Å². The Labute approximate surface area is 148 Å². The lowest BCUT2D eigenvalue weighted by molar-refractivity contribution is -0.385. The van der Waals surface area contributed by atoms with E-state index in [2.05, 4.69) is 0 Å². The van der Waals surface area contributed by atoms with E-state index in [4.69, 9.17) is 9.47 Å². The van der Waals surface area contributed by atoms with Crippen molar-refractivity contribution in [2.45, 2.75) is 13.2 Å².